The van der Waals surface area contributed by atoms with E-state index in [9.17, 15) is 4.79 Å². The van der Waals surface area contributed by atoms with Gasteiger partial charge < -0.3 is 9.72 Å². The number of aromatic amines is 1. The van der Waals surface area contributed by atoms with Gasteiger partial charge in [0.05, 0.1) is 5.69 Å². The van der Waals surface area contributed by atoms with Crippen LogP contribution in [-0.4, -0.2) is 11.5 Å². The second-order valence-corrected chi connectivity index (χ2v) is 2.00. The lowest BCUT2D eigenvalue weighted by Gasteiger charge is -2.05. The van der Waals surface area contributed by atoms with E-state index < -0.39 is 0 Å². The maximum Gasteiger partial charge on any atom is 0.293 e. The second kappa shape index (κ2) is 3.06. The molecule has 1 atom stereocenters. The quantitative estimate of drug-likeness (QED) is 0.640. The summed E-state index contributed by atoms with van der Waals surface area (Å²) in [4.78, 5) is 12.8. The summed E-state index contributed by atoms with van der Waals surface area (Å²) in [6.07, 6.45) is 1.62. The van der Waals surface area contributed by atoms with Crippen LogP contribution in [0.3, 0.4) is 0 Å². The molecule has 0 bridgehead atoms. The Morgan fingerprint density at radius 3 is 3.10 bits per heavy atom. The summed E-state index contributed by atoms with van der Waals surface area (Å²) >= 11 is 0. The molecule has 3 nitrogen and oxygen atoms in total. The highest BCUT2D eigenvalue weighted by Gasteiger charge is 2.03. The van der Waals surface area contributed by atoms with Crippen molar-refractivity contribution in [1.82, 2.24) is 4.98 Å². The molecule has 1 N–H and O–H groups in total. The first-order chi connectivity index (χ1) is 4.84. The van der Waals surface area contributed by atoms with Crippen LogP contribution < -0.4 is 0 Å². The van der Waals surface area contributed by atoms with E-state index in [-0.39, 0.29) is 6.10 Å². The molecule has 0 aliphatic rings. The van der Waals surface area contributed by atoms with Crippen molar-refractivity contribution in [2.75, 3.05) is 0 Å². The predicted octanol–water partition coefficient (Wildman–Crippen LogP) is 1.25. The van der Waals surface area contributed by atoms with Crippen LogP contribution in [0.4, 0.5) is 0 Å². The van der Waals surface area contributed by atoms with Crippen LogP contribution >= 0.6 is 0 Å². The average molecular weight is 139 g/mol. The first-order valence-electron chi connectivity index (χ1n) is 3.07. The van der Waals surface area contributed by atoms with E-state index in [1.807, 2.05) is 12.1 Å². The van der Waals surface area contributed by atoms with Crippen LogP contribution in [0.1, 0.15) is 18.7 Å². The maximum absolute atomic E-state index is 9.87. The summed E-state index contributed by atoms with van der Waals surface area (Å²) in [5.74, 6) is 0. The van der Waals surface area contributed by atoms with E-state index in [4.69, 9.17) is 0 Å². The lowest BCUT2D eigenvalue weighted by Crippen LogP contribution is -1.97. The Bertz CT molecular complexity index is 193. The van der Waals surface area contributed by atoms with Crippen molar-refractivity contribution in [3.05, 3.63) is 24.0 Å². The van der Waals surface area contributed by atoms with E-state index in [2.05, 4.69) is 9.72 Å². The van der Waals surface area contributed by atoms with Gasteiger partial charge in [-0.2, -0.15) is 0 Å². The maximum atomic E-state index is 9.87. The largest absolute Gasteiger partial charge is 0.458 e. The van der Waals surface area contributed by atoms with Crippen LogP contribution in [-0.2, 0) is 9.53 Å². The highest BCUT2D eigenvalue weighted by atomic mass is 16.5. The first kappa shape index (κ1) is 6.86. The normalized spacial score (nSPS) is 12.5. The first-order valence-corrected chi connectivity index (χ1v) is 3.07. The van der Waals surface area contributed by atoms with E-state index in [1.54, 1.807) is 13.1 Å². The van der Waals surface area contributed by atoms with Gasteiger partial charge >= 0.3 is 0 Å². The number of hydrogen-bond acceptors (Lipinski definition) is 2. The molecule has 0 radical (unpaired) electrons. The Labute approximate surface area is 59.0 Å². The molecule has 0 saturated carbocycles. The third kappa shape index (κ3) is 1.37. The minimum atomic E-state index is -0.174. The van der Waals surface area contributed by atoms with Crippen LogP contribution in [0, 0.1) is 0 Å². The monoisotopic (exact) mass is 139 g/mol. The lowest BCUT2D eigenvalue weighted by molar-refractivity contribution is -0.133. The zero-order chi connectivity index (χ0) is 7.40. The number of nitrogens with one attached hydrogen (secondary N) is 1. The lowest BCUT2D eigenvalue weighted by atomic mass is 10.3. The van der Waals surface area contributed by atoms with Crippen LogP contribution in [0.25, 0.3) is 0 Å². The fourth-order valence-electron chi connectivity index (χ4n) is 0.754. The molecule has 0 aliphatic carbocycles. The zero-order valence-corrected chi connectivity index (χ0v) is 5.70. The molecule has 0 amide bonds. The third-order valence-electron chi connectivity index (χ3n) is 1.32. The molecule has 1 heterocycles. The molecule has 0 saturated heterocycles. The molecule has 1 unspecified atom stereocenters. The summed E-state index contributed by atoms with van der Waals surface area (Å²) in [5.41, 5.74) is 0.909. The van der Waals surface area contributed by atoms with E-state index >= 15 is 0 Å². The fourth-order valence-corrected chi connectivity index (χ4v) is 0.754. The van der Waals surface area contributed by atoms with Gasteiger partial charge in [-0.05, 0) is 19.1 Å². The van der Waals surface area contributed by atoms with Crippen LogP contribution in [0.5, 0.6) is 0 Å². The topological polar surface area (TPSA) is 42.1 Å². The van der Waals surface area contributed by atoms with E-state index in [1.165, 1.54) is 0 Å². The van der Waals surface area contributed by atoms with Crippen molar-refractivity contribution in [3.8, 4) is 0 Å². The Hall–Kier alpha value is -1.25. The number of ether oxygens (including phenoxy) is 1. The highest BCUT2D eigenvalue weighted by Crippen LogP contribution is 2.11. The summed E-state index contributed by atoms with van der Waals surface area (Å²) in [6.45, 7) is 2.26. The van der Waals surface area contributed by atoms with Gasteiger partial charge in [-0.15, -0.1) is 0 Å². The van der Waals surface area contributed by atoms with Gasteiger partial charge in [-0.1, -0.05) is 0 Å². The van der Waals surface area contributed by atoms with Gasteiger partial charge in [0.1, 0.15) is 6.10 Å². The molecule has 0 fully saturated rings. The van der Waals surface area contributed by atoms with Gasteiger partial charge in [-0.3, -0.25) is 4.79 Å². The number of hydrogen-bond donors (Lipinski definition) is 1. The standard InChI is InChI=1S/C7H9NO2/c1-6(10-5-9)7-3-2-4-8-7/h2-6,8H,1H3. The second-order valence-electron chi connectivity index (χ2n) is 2.00. The van der Waals surface area contributed by atoms with Crippen LogP contribution in [0.2, 0.25) is 0 Å². The molecule has 0 aromatic carbocycles. The molecule has 10 heavy (non-hydrogen) atoms. The molecule has 1 rings (SSSR count). The van der Waals surface area contributed by atoms with Crippen molar-refractivity contribution in [2.45, 2.75) is 13.0 Å². The Balaban J connectivity index is 2.58. The predicted molar refractivity (Wildman–Crippen MR) is 36.4 cm³/mol. The summed E-state index contributed by atoms with van der Waals surface area (Å²) in [7, 11) is 0. The number of carbonyl (C=O) groups excluding carboxylic acids is 1. The summed E-state index contributed by atoms with van der Waals surface area (Å²) in [5, 5.41) is 0. The average Bonchev–Trinajstić information content (AvgIpc) is 2.38. The highest BCUT2D eigenvalue weighted by molar-refractivity contribution is 5.38. The Morgan fingerprint density at radius 1 is 1.80 bits per heavy atom. The van der Waals surface area contributed by atoms with Gasteiger partial charge in [0.15, 0.2) is 0 Å². The van der Waals surface area contributed by atoms with Gasteiger partial charge in [0, 0.05) is 6.20 Å². The number of carbonyl (C=O) groups is 1. The van der Waals surface area contributed by atoms with Crippen molar-refractivity contribution in [1.29, 1.82) is 0 Å². The van der Waals surface area contributed by atoms with Gasteiger partial charge in [0.25, 0.3) is 6.47 Å². The van der Waals surface area contributed by atoms with Crippen molar-refractivity contribution in [3.63, 3.8) is 0 Å². The van der Waals surface area contributed by atoms with Gasteiger partial charge in [0.2, 0.25) is 0 Å². The van der Waals surface area contributed by atoms with Crippen molar-refractivity contribution >= 4 is 6.47 Å². The zero-order valence-electron chi connectivity index (χ0n) is 5.70. The van der Waals surface area contributed by atoms with Crippen molar-refractivity contribution in [2.24, 2.45) is 0 Å². The molecule has 3 heteroatoms. The summed E-state index contributed by atoms with van der Waals surface area (Å²) in [6, 6.07) is 3.73. The smallest absolute Gasteiger partial charge is 0.293 e. The summed E-state index contributed by atoms with van der Waals surface area (Å²) < 4.78 is 4.67. The molecule has 54 valence electrons. The van der Waals surface area contributed by atoms with E-state index in [0.29, 0.717) is 6.47 Å². The Kier molecular flexibility index (Phi) is 2.10. The molecule has 1 aromatic heterocycles. The minimum Gasteiger partial charge on any atom is -0.458 e. The molecular formula is C7H9NO2. The molecule has 0 aliphatic heterocycles. The SMILES string of the molecule is CC(OC=O)c1ccc[nH]1. The van der Waals surface area contributed by atoms with E-state index in [0.717, 1.165) is 5.69 Å². The van der Waals surface area contributed by atoms with Gasteiger partial charge in [-0.25, -0.2) is 0 Å². The molecule has 1 aromatic rings. The van der Waals surface area contributed by atoms with Crippen LogP contribution in [0.15, 0.2) is 18.3 Å². The Morgan fingerprint density at radius 2 is 2.60 bits per heavy atom. The van der Waals surface area contributed by atoms with Crippen molar-refractivity contribution < 1.29 is 9.53 Å². The molecule has 0 spiro atoms. The number of H-pyrrole nitrogens is 1. The third-order valence-corrected chi connectivity index (χ3v) is 1.32. The number of aromatic nitrogens is 1. The molecular weight excluding hydrogens is 130 g/mol. The number of rotatable bonds is 3. The fraction of sp³-hybridized carbons (Fsp3) is 0.286. The minimum absolute atomic E-state index is 0.174.